The van der Waals surface area contributed by atoms with Gasteiger partial charge in [0.15, 0.2) is 0 Å². The average molecular weight is 367 g/mol. The highest BCUT2D eigenvalue weighted by Gasteiger charge is 2.18. The Morgan fingerprint density at radius 3 is 2.70 bits per heavy atom. The highest BCUT2D eigenvalue weighted by atomic mass is 16.1. The van der Waals surface area contributed by atoms with Crippen molar-refractivity contribution in [2.45, 2.75) is 32.7 Å². The van der Waals surface area contributed by atoms with Gasteiger partial charge in [-0.3, -0.25) is 14.7 Å². The zero-order chi connectivity index (χ0) is 19.1. The van der Waals surface area contributed by atoms with Gasteiger partial charge in [-0.15, -0.1) is 0 Å². The molecule has 0 radical (unpaired) electrons. The molecule has 1 saturated heterocycles. The highest BCUT2D eigenvalue weighted by molar-refractivity contribution is 5.76. The second kappa shape index (κ2) is 9.51. The summed E-state index contributed by atoms with van der Waals surface area (Å²) in [6.45, 7) is 9.05. The quantitative estimate of drug-likeness (QED) is 0.818. The topological polar surface area (TPSA) is 48.5 Å². The Morgan fingerprint density at radius 2 is 2.00 bits per heavy atom. The predicted octanol–water partition coefficient (Wildman–Crippen LogP) is 2.65. The number of hydrogen-bond donors (Lipinski definition) is 1. The molecule has 1 fully saturated rings. The summed E-state index contributed by atoms with van der Waals surface area (Å²) in [6, 6.07) is 12.8. The van der Waals surface area contributed by atoms with E-state index in [9.17, 15) is 4.79 Å². The molecular formula is C22H30N4O. The molecule has 1 aliphatic heterocycles. The summed E-state index contributed by atoms with van der Waals surface area (Å²) in [5, 5.41) is 3.11. The monoisotopic (exact) mass is 366 g/mol. The molecule has 0 bridgehead atoms. The van der Waals surface area contributed by atoms with E-state index in [1.54, 1.807) is 6.20 Å². The molecule has 0 spiro atoms. The van der Waals surface area contributed by atoms with Crippen molar-refractivity contribution in [3.05, 3.63) is 59.9 Å². The number of carbonyl (C=O) groups is 1. The molecular weight excluding hydrogens is 336 g/mol. The summed E-state index contributed by atoms with van der Waals surface area (Å²) in [5.74, 6) is 0.132. The van der Waals surface area contributed by atoms with Gasteiger partial charge in [0.1, 0.15) is 0 Å². The van der Waals surface area contributed by atoms with Gasteiger partial charge >= 0.3 is 0 Å². The standard InChI is InChI=1S/C22H30N4O/c1-18-5-3-7-21(15-18)26-13-11-25(12-14-26)10-8-22(27)24-19(2)16-20-6-4-9-23-17-20/h3-7,9,15,17,19H,8,10-14,16H2,1-2H3,(H,24,27)/t19-/m1/s1. The lowest BCUT2D eigenvalue weighted by atomic mass is 10.1. The van der Waals surface area contributed by atoms with Gasteiger partial charge < -0.3 is 10.2 Å². The molecule has 1 aliphatic rings. The summed E-state index contributed by atoms with van der Waals surface area (Å²) < 4.78 is 0. The third-order valence-electron chi connectivity index (χ3n) is 5.07. The van der Waals surface area contributed by atoms with Gasteiger partial charge in [-0.25, -0.2) is 0 Å². The average Bonchev–Trinajstić information content (AvgIpc) is 2.67. The molecule has 1 amide bonds. The number of pyridine rings is 1. The molecule has 2 aromatic rings. The lowest BCUT2D eigenvalue weighted by Gasteiger charge is -2.36. The first-order valence-corrected chi connectivity index (χ1v) is 9.82. The lowest BCUT2D eigenvalue weighted by Crippen LogP contribution is -2.47. The first-order chi connectivity index (χ1) is 13.1. The maximum atomic E-state index is 12.2. The maximum absolute atomic E-state index is 12.2. The largest absolute Gasteiger partial charge is 0.369 e. The molecule has 1 aromatic carbocycles. The maximum Gasteiger partial charge on any atom is 0.221 e. The lowest BCUT2D eigenvalue weighted by molar-refractivity contribution is -0.122. The molecule has 144 valence electrons. The van der Waals surface area contributed by atoms with Crippen LogP contribution in [-0.4, -0.2) is 54.6 Å². The number of rotatable bonds is 7. The third-order valence-corrected chi connectivity index (χ3v) is 5.07. The molecule has 1 atom stereocenters. The summed E-state index contributed by atoms with van der Waals surface area (Å²) in [4.78, 5) is 21.2. The molecule has 3 rings (SSSR count). The second-order valence-corrected chi connectivity index (χ2v) is 7.45. The number of anilines is 1. The molecule has 0 aliphatic carbocycles. The zero-order valence-corrected chi connectivity index (χ0v) is 16.4. The van der Waals surface area contributed by atoms with Crippen molar-refractivity contribution in [3.63, 3.8) is 0 Å². The van der Waals surface area contributed by atoms with Crippen LogP contribution in [0.4, 0.5) is 5.69 Å². The third kappa shape index (κ3) is 6.07. The Morgan fingerprint density at radius 1 is 1.19 bits per heavy atom. The predicted molar refractivity (Wildman–Crippen MR) is 110 cm³/mol. The molecule has 1 N–H and O–H groups in total. The van der Waals surface area contributed by atoms with Crippen LogP contribution in [0.5, 0.6) is 0 Å². The van der Waals surface area contributed by atoms with E-state index in [2.05, 4.69) is 51.3 Å². The summed E-state index contributed by atoms with van der Waals surface area (Å²) in [5.41, 5.74) is 3.75. The first kappa shape index (κ1) is 19.4. The molecule has 0 unspecified atom stereocenters. The van der Waals surface area contributed by atoms with Crippen LogP contribution >= 0.6 is 0 Å². The fraction of sp³-hybridized carbons (Fsp3) is 0.455. The number of amides is 1. The summed E-state index contributed by atoms with van der Waals surface area (Å²) >= 11 is 0. The summed E-state index contributed by atoms with van der Waals surface area (Å²) in [7, 11) is 0. The fourth-order valence-electron chi connectivity index (χ4n) is 3.58. The zero-order valence-electron chi connectivity index (χ0n) is 16.4. The van der Waals surface area contributed by atoms with Crippen molar-refractivity contribution >= 4 is 11.6 Å². The van der Waals surface area contributed by atoms with Gasteiger partial charge in [-0.2, -0.15) is 0 Å². The number of benzene rings is 1. The number of aryl methyl sites for hydroxylation is 1. The summed E-state index contributed by atoms with van der Waals surface area (Å²) in [6.07, 6.45) is 5.00. The van der Waals surface area contributed by atoms with Crippen LogP contribution in [0.3, 0.4) is 0 Å². The van der Waals surface area contributed by atoms with Gasteiger partial charge in [-0.1, -0.05) is 18.2 Å². The van der Waals surface area contributed by atoms with Crippen LogP contribution in [-0.2, 0) is 11.2 Å². The van der Waals surface area contributed by atoms with E-state index >= 15 is 0 Å². The normalized spacial score (nSPS) is 16.1. The van der Waals surface area contributed by atoms with Crippen LogP contribution in [0.2, 0.25) is 0 Å². The van der Waals surface area contributed by atoms with E-state index in [0.29, 0.717) is 6.42 Å². The van der Waals surface area contributed by atoms with Crippen molar-refractivity contribution in [1.29, 1.82) is 0 Å². The Hall–Kier alpha value is -2.40. The van der Waals surface area contributed by atoms with E-state index in [1.807, 2.05) is 25.3 Å². The Bertz CT molecular complexity index is 726. The van der Waals surface area contributed by atoms with Crippen LogP contribution in [0.25, 0.3) is 0 Å². The van der Waals surface area contributed by atoms with Crippen LogP contribution < -0.4 is 10.2 Å². The number of nitrogens with one attached hydrogen (secondary N) is 1. The first-order valence-electron chi connectivity index (χ1n) is 9.82. The number of carbonyl (C=O) groups excluding carboxylic acids is 1. The van der Waals surface area contributed by atoms with Gasteiger partial charge in [0.05, 0.1) is 0 Å². The van der Waals surface area contributed by atoms with Crippen molar-refractivity contribution in [3.8, 4) is 0 Å². The van der Waals surface area contributed by atoms with E-state index in [0.717, 1.165) is 44.7 Å². The number of piperazine rings is 1. The minimum Gasteiger partial charge on any atom is -0.369 e. The molecule has 5 nitrogen and oxygen atoms in total. The number of nitrogens with zero attached hydrogens (tertiary/aromatic N) is 3. The van der Waals surface area contributed by atoms with Crippen molar-refractivity contribution < 1.29 is 4.79 Å². The van der Waals surface area contributed by atoms with Crippen molar-refractivity contribution in [2.24, 2.45) is 0 Å². The van der Waals surface area contributed by atoms with E-state index in [-0.39, 0.29) is 11.9 Å². The molecule has 1 aromatic heterocycles. The molecule has 27 heavy (non-hydrogen) atoms. The van der Waals surface area contributed by atoms with Crippen molar-refractivity contribution in [2.75, 3.05) is 37.6 Å². The van der Waals surface area contributed by atoms with Gasteiger partial charge in [0, 0.05) is 63.3 Å². The van der Waals surface area contributed by atoms with Gasteiger partial charge in [0.25, 0.3) is 0 Å². The van der Waals surface area contributed by atoms with Crippen molar-refractivity contribution in [1.82, 2.24) is 15.2 Å². The van der Waals surface area contributed by atoms with Crippen LogP contribution in [0.1, 0.15) is 24.5 Å². The van der Waals surface area contributed by atoms with Crippen LogP contribution in [0, 0.1) is 6.92 Å². The number of hydrogen-bond acceptors (Lipinski definition) is 4. The smallest absolute Gasteiger partial charge is 0.221 e. The van der Waals surface area contributed by atoms with E-state index < -0.39 is 0 Å². The number of aromatic nitrogens is 1. The molecule has 0 saturated carbocycles. The minimum absolute atomic E-state index is 0.125. The Labute approximate surface area is 162 Å². The fourth-order valence-corrected chi connectivity index (χ4v) is 3.58. The molecule has 2 heterocycles. The van der Waals surface area contributed by atoms with E-state index in [4.69, 9.17) is 0 Å². The van der Waals surface area contributed by atoms with Gasteiger partial charge in [0.2, 0.25) is 5.91 Å². The second-order valence-electron chi connectivity index (χ2n) is 7.45. The van der Waals surface area contributed by atoms with E-state index in [1.165, 1.54) is 11.3 Å². The van der Waals surface area contributed by atoms with Gasteiger partial charge in [-0.05, 0) is 49.6 Å². The van der Waals surface area contributed by atoms with Crippen LogP contribution in [0.15, 0.2) is 48.8 Å². The Balaban J connectivity index is 1.36. The minimum atomic E-state index is 0.125. The highest BCUT2D eigenvalue weighted by Crippen LogP contribution is 2.17. The SMILES string of the molecule is Cc1cccc(N2CCN(CCC(=O)N[C@H](C)Cc3cccnc3)CC2)c1. The Kier molecular flexibility index (Phi) is 6.82. The molecule has 5 heteroatoms.